The van der Waals surface area contributed by atoms with Gasteiger partial charge < -0.3 is 9.64 Å². The Balaban J connectivity index is 1.66. The normalized spacial score (nSPS) is 10.9. The first kappa shape index (κ1) is 21.6. The predicted octanol–water partition coefficient (Wildman–Crippen LogP) is 4.24. The quantitative estimate of drug-likeness (QED) is 0.505. The van der Waals surface area contributed by atoms with Crippen LogP contribution in [0.15, 0.2) is 61.1 Å². The monoisotopic (exact) mass is 406 g/mol. The van der Waals surface area contributed by atoms with Gasteiger partial charge in [-0.1, -0.05) is 26.0 Å². The minimum atomic E-state index is 0.0973. The number of carbonyl (C=O) groups is 1. The van der Waals surface area contributed by atoms with Gasteiger partial charge in [0.2, 0.25) is 5.91 Å². The molecule has 0 atom stereocenters. The molecule has 2 heterocycles. The van der Waals surface area contributed by atoms with Crippen LogP contribution in [-0.2, 0) is 24.4 Å². The summed E-state index contributed by atoms with van der Waals surface area (Å²) in [6, 6.07) is 13.8. The Morgan fingerprint density at radius 2 is 1.70 bits per heavy atom. The molecule has 0 aliphatic heterocycles. The second-order valence-corrected chi connectivity index (χ2v) is 7.92. The summed E-state index contributed by atoms with van der Waals surface area (Å²) in [5, 5.41) is 4.37. The average Bonchev–Trinajstić information content (AvgIpc) is 3.17. The molecule has 6 nitrogen and oxygen atoms in total. The Bertz CT molecular complexity index is 920. The molecular weight excluding hydrogens is 376 g/mol. The van der Waals surface area contributed by atoms with Crippen molar-refractivity contribution in [2.24, 2.45) is 5.92 Å². The van der Waals surface area contributed by atoms with E-state index in [0.717, 1.165) is 22.6 Å². The number of rotatable bonds is 10. The van der Waals surface area contributed by atoms with Crippen LogP contribution in [-0.4, -0.2) is 32.2 Å². The fourth-order valence-electron chi connectivity index (χ4n) is 3.07. The molecule has 3 rings (SSSR count). The number of carbonyl (C=O) groups excluding carboxylic acids is 1. The lowest BCUT2D eigenvalue weighted by Gasteiger charge is -2.23. The van der Waals surface area contributed by atoms with Gasteiger partial charge in [0.15, 0.2) is 0 Å². The number of pyridine rings is 1. The lowest BCUT2D eigenvalue weighted by Crippen LogP contribution is -2.30. The van der Waals surface area contributed by atoms with Crippen LogP contribution in [0.2, 0.25) is 0 Å². The number of benzene rings is 1. The molecule has 1 amide bonds. The van der Waals surface area contributed by atoms with Gasteiger partial charge in [-0.25, -0.2) is 0 Å². The van der Waals surface area contributed by atoms with Crippen molar-refractivity contribution < 1.29 is 9.53 Å². The largest absolute Gasteiger partial charge is 0.493 e. The third kappa shape index (κ3) is 6.72. The Labute approximate surface area is 178 Å². The molecule has 0 N–H and O–H groups in total. The number of aromatic nitrogens is 3. The van der Waals surface area contributed by atoms with E-state index in [1.165, 1.54) is 0 Å². The summed E-state index contributed by atoms with van der Waals surface area (Å²) in [5.41, 5.74) is 3.09. The Hall–Kier alpha value is -3.15. The number of aryl methyl sites for hydroxylation is 2. The highest BCUT2D eigenvalue weighted by Gasteiger charge is 2.15. The van der Waals surface area contributed by atoms with Gasteiger partial charge in [-0.15, -0.1) is 0 Å². The number of hydrogen-bond acceptors (Lipinski definition) is 4. The molecule has 0 saturated heterocycles. The van der Waals surface area contributed by atoms with Gasteiger partial charge in [0, 0.05) is 44.6 Å². The first-order valence-electron chi connectivity index (χ1n) is 10.4. The Kier molecular flexibility index (Phi) is 7.60. The van der Waals surface area contributed by atoms with Crippen LogP contribution in [0.1, 0.15) is 37.1 Å². The molecule has 2 aromatic heterocycles. The van der Waals surface area contributed by atoms with Crippen LogP contribution in [0.4, 0.5) is 0 Å². The zero-order chi connectivity index (χ0) is 21.3. The van der Waals surface area contributed by atoms with E-state index in [1.807, 2.05) is 65.2 Å². The lowest BCUT2D eigenvalue weighted by atomic mass is 10.1. The highest BCUT2D eigenvalue weighted by molar-refractivity contribution is 5.76. The summed E-state index contributed by atoms with van der Waals surface area (Å²) in [6.07, 6.45) is 5.82. The van der Waals surface area contributed by atoms with Gasteiger partial charge in [-0.3, -0.25) is 14.5 Å². The summed E-state index contributed by atoms with van der Waals surface area (Å²) < 4.78 is 7.58. The van der Waals surface area contributed by atoms with E-state index in [2.05, 4.69) is 23.9 Å². The molecule has 0 aliphatic rings. The Morgan fingerprint density at radius 3 is 2.30 bits per heavy atom. The molecule has 158 valence electrons. The fourth-order valence-corrected chi connectivity index (χ4v) is 3.07. The maximum atomic E-state index is 13.0. The van der Waals surface area contributed by atoms with Crippen molar-refractivity contribution >= 4 is 5.91 Å². The molecule has 3 aromatic rings. The summed E-state index contributed by atoms with van der Waals surface area (Å²) in [5.74, 6) is 1.44. The van der Waals surface area contributed by atoms with E-state index in [9.17, 15) is 4.79 Å². The van der Waals surface area contributed by atoms with E-state index >= 15 is 0 Å². The smallest absolute Gasteiger partial charge is 0.225 e. The van der Waals surface area contributed by atoms with Gasteiger partial charge >= 0.3 is 0 Å². The third-order valence-electron chi connectivity index (χ3n) is 4.68. The van der Waals surface area contributed by atoms with Gasteiger partial charge in [-0.2, -0.15) is 5.10 Å². The molecule has 0 bridgehead atoms. The second-order valence-electron chi connectivity index (χ2n) is 7.92. The van der Waals surface area contributed by atoms with Crippen molar-refractivity contribution in [3.05, 3.63) is 77.9 Å². The van der Waals surface area contributed by atoms with Crippen LogP contribution in [0.5, 0.6) is 5.75 Å². The van der Waals surface area contributed by atoms with Crippen molar-refractivity contribution in [3.8, 4) is 5.75 Å². The van der Waals surface area contributed by atoms with Crippen LogP contribution in [0.25, 0.3) is 0 Å². The predicted molar refractivity (Wildman–Crippen MR) is 117 cm³/mol. The minimum absolute atomic E-state index is 0.0973. The topological polar surface area (TPSA) is 60.2 Å². The molecule has 0 aliphatic carbocycles. The van der Waals surface area contributed by atoms with Crippen molar-refractivity contribution in [2.45, 2.75) is 46.8 Å². The Morgan fingerprint density at radius 1 is 1.03 bits per heavy atom. The molecule has 0 spiro atoms. The molecule has 0 radical (unpaired) electrons. The summed E-state index contributed by atoms with van der Waals surface area (Å²) >= 11 is 0. The second kappa shape index (κ2) is 10.6. The zero-order valence-electron chi connectivity index (χ0n) is 18.0. The van der Waals surface area contributed by atoms with E-state index in [1.54, 1.807) is 12.4 Å². The molecule has 0 saturated carbocycles. The van der Waals surface area contributed by atoms with Crippen molar-refractivity contribution in [3.63, 3.8) is 0 Å². The van der Waals surface area contributed by atoms with Gasteiger partial charge in [0.1, 0.15) is 5.75 Å². The minimum Gasteiger partial charge on any atom is -0.493 e. The van der Waals surface area contributed by atoms with E-state index in [4.69, 9.17) is 4.74 Å². The third-order valence-corrected chi connectivity index (χ3v) is 4.68. The summed E-state index contributed by atoms with van der Waals surface area (Å²) in [7, 11) is 0. The maximum absolute atomic E-state index is 13.0. The fraction of sp³-hybridized carbons (Fsp3) is 0.375. The highest BCUT2D eigenvalue weighted by atomic mass is 16.5. The van der Waals surface area contributed by atoms with Crippen LogP contribution in [0, 0.1) is 12.8 Å². The summed E-state index contributed by atoms with van der Waals surface area (Å²) in [4.78, 5) is 19.0. The number of amides is 1. The highest BCUT2D eigenvalue weighted by Crippen LogP contribution is 2.17. The molecule has 1 aromatic carbocycles. The molecule has 0 unspecified atom stereocenters. The van der Waals surface area contributed by atoms with Crippen LogP contribution >= 0.6 is 0 Å². The molecule has 0 fully saturated rings. The zero-order valence-corrected chi connectivity index (χ0v) is 18.0. The average molecular weight is 407 g/mol. The standard InChI is InChI=1S/C24H30N4O2/c1-19(2)18-30-23-6-4-21(5-7-23)16-27(17-22-8-12-25-13-9-22)24(29)11-15-28-14-10-20(3)26-28/h4-10,12-14,19H,11,15-18H2,1-3H3. The first-order valence-corrected chi connectivity index (χ1v) is 10.4. The number of nitrogens with zero attached hydrogens (tertiary/aromatic N) is 4. The van der Waals surface area contributed by atoms with Gasteiger partial charge in [-0.05, 0) is 54.3 Å². The van der Waals surface area contributed by atoms with Crippen LogP contribution in [0.3, 0.4) is 0 Å². The van der Waals surface area contributed by atoms with Crippen molar-refractivity contribution in [1.29, 1.82) is 0 Å². The van der Waals surface area contributed by atoms with Crippen molar-refractivity contribution in [2.75, 3.05) is 6.61 Å². The first-order chi connectivity index (χ1) is 14.5. The maximum Gasteiger partial charge on any atom is 0.225 e. The summed E-state index contributed by atoms with van der Waals surface area (Å²) in [6.45, 7) is 8.56. The molecule has 30 heavy (non-hydrogen) atoms. The van der Waals surface area contributed by atoms with Gasteiger partial charge in [0.25, 0.3) is 0 Å². The van der Waals surface area contributed by atoms with Crippen LogP contribution < -0.4 is 4.74 Å². The van der Waals surface area contributed by atoms with E-state index in [0.29, 0.717) is 38.6 Å². The SMILES string of the molecule is Cc1ccn(CCC(=O)N(Cc2ccncc2)Cc2ccc(OCC(C)C)cc2)n1. The molecular formula is C24H30N4O2. The number of hydrogen-bond donors (Lipinski definition) is 0. The number of ether oxygens (including phenoxy) is 1. The molecule has 6 heteroatoms. The van der Waals surface area contributed by atoms with Crippen molar-refractivity contribution in [1.82, 2.24) is 19.7 Å². The van der Waals surface area contributed by atoms with E-state index < -0.39 is 0 Å². The van der Waals surface area contributed by atoms with Gasteiger partial charge in [0.05, 0.1) is 12.3 Å². The lowest BCUT2D eigenvalue weighted by molar-refractivity contribution is -0.132. The van der Waals surface area contributed by atoms with E-state index in [-0.39, 0.29) is 5.91 Å².